The van der Waals surface area contributed by atoms with E-state index in [2.05, 4.69) is 132 Å². The van der Waals surface area contributed by atoms with Crippen molar-refractivity contribution >= 4 is 105 Å². The number of rotatable bonds is 31. The van der Waals surface area contributed by atoms with Crippen LogP contribution in [-0.2, 0) is 86.0 Å². The second-order valence-corrected chi connectivity index (χ2v) is 25.8. The van der Waals surface area contributed by atoms with Gasteiger partial charge in [0, 0.05) is 70.1 Å². The molecule has 0 atom stereocenters. The predicted molar refractivity (Wildman–Crippen MR) is 356 cm³/mol. The molecule has 0 aliphatic heterocycles. The average molecular weight is 1370 g/mol. The normalized spacial score (nSPS) is 11.4. The molecule has 3 aromatic carbocycles. The van der Waals surface area contributed by atoms with Crippen LogP contribution in [0.1, 0.15) is 55.2 Å². The molecule has 0 aliphatic carbocycles. The lowest BCUT2D eigenvalue weighted by Gasteiger charge is -2.08. The van der Waals surface area contributed by atoms with Gasteiger partial charge in [0.1, 0.15) is 17.1 Å². The second-order valence-electron chi connectivity index (χ2n) is 19.6. The van der Waals surface area contributed by atoms with Crippen LogP contribution in [-0.4, -0.2) is 146 Å². The third-order valence-electron chi connectivity index (χ3n) is 12.3. The van der Waals surface area contributed by atoms with Gasteiger partial charge in [-0.1, -0.05) is 49.8 Å². The highest BCUT2D eigenvalue weighted by Crippen LogP contribution is 2.27. The van der Waals surface area contributed by atoms with Crippen molar-refractivity contribution in [1.29, 1.82) is 0 Å². The fraction of sp³-hybridized carbons (Fsp3) is 0.518. The Morgan fingerprint density at radius 1 is 0.429 bits per heavy atom. The highest BCUT2D eigenvalue weighted by molar-refractivity contribution is 8.76. The first kappa shape index (κ1) is 82.7. The van der Waals surface area contributed by atoms with Gasteiger partial charge in [0.05, 0.1) is 101 Å². The number of hydrogen-bond donors (Lipinski definition) is 6. The minimum atomic E-state index is -4.41. The van der Waals surface area contributed by atoms with Gasteiger partial charge >= 0.3 is 17.8 Å². The lowest BCUT2D eigenvalue weighted by molar-refractivity contribution is -0.657. The number of unbranched alkanes of at least 4 members (excludes halogenated alkanes) is 4. The lowest BCUT2D eigenvalue weighted by Crippen LogP contribution is -2.25. The SMILES string of the molecule is CNCCCCCCNc1ccc(N=Nc2n(C)cc[n+]2C)c(C)c1.CNCCCCNc1ccc(N=Nc2n(C)cc[n+]2C)c(C)c1.CNCCSSCCNc1ccc(N=Nc2n(C)cc[n+]2C)c(C)c1.COS(=O)(=O)[O-].COS(=O)(=O)[O-].COS(=O)(=O)[O-]. The van der Waals surface area contributed by atoms with Crippen LogP contribution in [0.3, 0.4) is 0 Å². The number of azo groups is 3. The van der Waals surface area contributed by atoms with Crippen LogP contribution in [0.15, 0.2) is 122 Å². The molecule has 0 unspecified atom stereocenters. The summed E-state index contributed by atoms with van der Waals surface area (Å²) in [4.78, 5) is 0. The summed E-state index contributed by atoms with van der Waals surface area (Å²) in [6.45, 7) is 12.4. The summed E-state index contributed by atoms with van der Waals surface area (Å²) >= 11 is 0. The molecule has 0 spiro atoms. The molecular formula is C56H94N18O12S5. The van der Waals surface area contributed by atoms with E-state index in [0.717, 1.165) is 147 Å². The first-order valence-corrected chi connectivity index (χ1v) is 35.1. The highest BCUT2D eigenvalue weighted by Gasteiger charge is 2.14. The van der Waals surface area contributed by atoms with Crippen LogP contribution >= 0.6 is 21.6 Å². The van der Waals surface area contributed by atoms with Gasteiger partial charge in [-0.15, -0.1) is 0 Å². The van der Waals surface area contributed by atoms with E-state index in [0.29, 0.717) is 0 Å². The minimum Gasteiger partial charge on any atom is -0.726 e. The standard InChI is InChI=1S/C19H30N6.C17H26N6S2.C17H26N6.3CH4O4S/c1-16-15-17(21-12-8-6-5-7-11-20-2)9-10-18(16)22-23-19-24(3)13-14-25(19)4;1-14-13-15(19-8-12-25-24-11-7-18-2)5-6-16(14)20-21-17-22(3)9-10-23(17)4;1-14-13-15(19-10-6-5-9-18-2)7-8-16(14)20-21-17-22(3)11-12-23(17)4;3*1-5-6(2,3)4/h9-10,13-15,20H,5-8,11-12H2,1-4H3;5-6,9-10,13,18H,7-8,11-12H2,1-4H3;7-8,11-13,18H,5-6,9-10H2,1-4H3;3*1H3,(H,2,3,4). The van der Waals surface area contributed by atoms with Crippen molar-refractivity contribution in [3.8, 4) is 0 Å². The van der Waals surface area contributed by atoms with Crippen molar-refractivity contribution in [2.75, 3.05) is 109 Å². The number of hydrogen-bond acceptors (Lipinski definition) is 26. The van der Waals surface area contributed by atoms with Crippen molar-refractivity contribution in [3.63, 3.8) is 0 Å². The number of aryl methyl sites for hydroxylation is 9. The van der Waals surface area contributed by atoms with Crippen molar-refractivity contribution < 1.29 is 65.2 Å². The Morgan fingerprint density at radius 3 is 0.956 bits per heavy atom. The molecular weight excluding hydrogens is 1280 g/mol. The highest BCUT2D eigenvalue weighted by atomic mass is 33.1. The first-order valence-electron chi connectivity index (χ1n) is 28.6. The largest absolute Gasteiger partial charge is 0.726 e. The molecule has 6 aromatic rings. The smallest absolute Gasteiger partial charge is 0.421 e. The zero-order valence-electron chi connectivity index (χ0n) is 54.9. The molecule has 0 aliphatic rings. The van der Waals surface area contributed by atoms with Gasteiger partial charge in [0.2, 0.25) is 31.2 Å². The Hall–Kier alpha value is -6.32. The molecule has 0 saturated carbocycles. The Morgan fingerprint density at radius 2 is 0.692 bits per heavy atom. The zero-order chi connectivity index (χ0) is 68.4. The van der Waals surface area contributed by atoms with Crippen LogP contribution in [0.25, 0.3) is 0 Å². The van der Waals surface area contributed by atoms with Gasteiger partial charge in [0.15, 0.2) is 0 Å². The second kappa shape index (κ2) is 45.9. The Kier molecular flexibility index (Phi) is 41.7. The third-order valence-corrected chi connectivity index (χ3v) is 15.9. The number of anilines is 3. The van der Waals surface area contributed by atoms with Gasteiger partial charge < -0.3 is 45.6 Å². The molecule has 35 heteroatoms. The summed E-state index contributed by atoms with van der Waals surface area (Å²) in [5.41, 5.74) is 9.45. The van der Waals surface area contributed by atoms with E-state index in [9.17, 15) is 38.9 Å². The van der Waals surface area contributed by atoms with Crippen molar-refractivity contribution in [3.05, 3.63) is 108 Å². The Labute approximate surface area is 546 Å². The average Bonchev–Trinajstić information content (AvgIpc) is 2.27. The third kappa shape index (κ3) is 38.3. The molecule has 0 amide bonds. The monoisotopic (exact) mass is 1370 g/mol. The molecule has 0 radical (unpaired) electrons. The topological polar surface area (TPSA) is 372 Å². The van der Waals surface area contributed by atoms with Crippen LogP contribution < -0.4 is 45.6 Å². The van der Waals surface area contributed by atoms with Crippen LogP contribution in [0.5, 0.6) is 0 Å². The molecule has 91 heavy (non-hydrogen) atoms. The van der Waals surface area contributed by atoms with Crippen LogP contribution in [0.4, 0.5) is 52.0 Å². The number of imidazole rings is 3. The molecule has 3 heterocycles. The molecule has 0 bridgehead atoms. The molecule has 0 fully saturated rings. The van der Waals surface area contributed by atoms with Gasteiger partial charge in [-0.2, -0.15) is 0 Å². The number of nitrogens with one attached hydrogen (secondary N) is 6. The van der Waals surface area contributed by atoms with E-state index >= 15 is 0 Å². The fourth-order valence-electron chi connectivity index (χ4n) is 7.27. The molecule has 6 rings (SSSR count). The van der Waals surface area contributed by atoms with E-state index < -0.39 is 31.2 Å². The van der Waals surface area contributed by atoms with Crippen LogP contribution in [0.2, 0.25) is 0 Å². The van der Waals surface area contributed by atoms with Gasteiger partial charge in [0.25, 0.3) is 0 Å². The van der Waals surface area contributed by atoms with Gasteiger partial charge in [-0.25, -0.2) is 52.7 Å². The Bertz CT molecular complexity index is 3220. The first-order chi connectivity index (χ1) is 43.0. The molecule has 0 saturated heterocycles. The Balaban J connectivity index is 0.000000599. The van der Waals surface area contributed by atoms with Crippen molar-refractivity contribution in [2.24, 2.45) is 73.0 Å². The number of aromatic nitrogens is 6. The minimum absolute atomic E-state index is 0.808. The molecule has 6 N–H and O–H groups in total. The summed E-state index contributed by atoms with van der Waals surface area (Å²) in [5.74, 6) is 4.67. The summed E-state index contributed by atoms with van der Waals surface area (Å²) in [5, 5.41) is 46.1. The lowest BCUT2D eigenvalue weighted by atomic mass is 10.1. The van der Waals surface area contributed by atoms with E-state index in [4.69, 9.17) is 0 Å². The van der Waals surface area contributed by atoms with Crippen LogP contribution in [0, 0.1) is 20.8 Å². The van der Waals surface area contributed by atoms with E-state index in [-0.39, 0.29) is 0 Å². The maximum absolute atomic E-state index is 9.22. The van der Waals surface area contributed by atoms with E-state index in [1.165, 1.54) is 32.1 Å². The van der Waals surface area contributed by atoms with E-state index in [1.54, 1.807) is 0 Å². The molecule has 30 nitrogen and oxygen atoms in total. The quantitative estimate of drug-likeness (QED) is 0.00608. The fourth-order valence-corrected chi connectivity index (χ4v) is 9.19. The zero-order valence-corrected chi connectivity index (χ0v) is 58.9. The van der Waals surface area contributed by atoms with E-state index in [1.807, 2.05) is 168 Å². The number of nitrogens with zero attached hydrogens (tertiary/aromatic N) is 12. The predicted octanol–water partition coefficient (Wildman–Crippen LogP) is 7.62. The van der Waals surface area contributed by atoms with Gasteiger partial charge in [-0.3, -0.25) is 12.5 Å². The van der Waals surface area contributed by atoms with Crippen molar-refractivity contribution in [2.45, 2.75) is 59.3 Å². The summed E-state index contributed by atoms with van der Waals surface area (Å²) in [6, 6.07) is 18.6. The molecule has 3 aromatic heterocycles. The summed E-state index contributed by atoms with van der Waals surface area (Å²) in [6.07, 6.45) is 19.1. The number of benzene rings is 3. The van der Waals surface area contributed by atoms with Crippen molar-refractivity contribution in [1.82, 2.24) is 29.7 Å². The maximum Gasteiger partial charge on any atom is 0.421 e. The summed E-state index contributed by atoms with van der Waals surface area (Å²) in [7, 11) is 10.8. The van der Waals surface area contributed by atoms with Gasteiger partial charge in [-0.05, 0) is 152 Å². The molecule has 510 valence electrons. The maximum atomic E-state index is 9.22. The summed E-state index contributed by atoms with van der Waals surface area (Å²) < 4.78 is 105.